The first kappa shape index (κ1) is 13.6. The summed E-state index contributed by atoms with van der Waals surface area (Å²) >= 11 is 0. The van der Waals surface area contributed by atoms with Crippen molar-refractivity contribution in [2.45, 2.75) is 45.1 Å². The lowest BCUT2D eigenvalue weighted by Crippen LogP contribution is -2.38. The average molecular weight is 272 g/mol. The zero-order valence-corrected chi connectivity index (χ0v) is 12.1. The molecule has 1 saturated carbocycles. The minimum absolute atomic E-state index is 0.0740. The number of nitrogens with zero attached hydrogens (tertiary/aromatic N) is 2. The molecule has 0 atom stereocenters. The molecule has 1 aromatic heterocycles. The van der Waals surface area contributed by atoms with Crippen LogP contribution in [0, 0.1) is 10.8 Å². The Hall–Kier alpha value is -1.42. The monoisotopic (exact) mass is 272 g/mol. The number of nitrogen functional groups attached to an aromatic ring is 1. The zero-order valence-electron chi connectivity index (χ0n) is 12.1. The Balaban J connectivity index is 1.64. The van der Waals surface area contributed by atoms with Crippen LogP contribution in [0.4, 0.5) is 0 Å². The third-order valence-corrected chi connectivity index (χ3v) is 5.12. The van der Waals surface area contributed by atoms with Crippen LogP contribution in [0.5, 0.6) is 0 Å². The molecule has 108 valence electrons. The van der Waals surface area contributed by atoms with Gasteiger partial charge >= 0.3 is 0 Å². The maximum Gasteiger partial charge on any atom is 0.142 e. The predicted octanol–water partition coefficient (Wildman–Crippen LogP) is 2.52. The largest absolute Gasteiger partial charge is 0.382 e. The van der Waals surface area contributed by atoms with E-state index in [-0.39, 0.29) is 5.84 Å². The van der Waals surface area contributed by atoms with Crippen LogP contribution in [0.2, 0.25) is 0 Å². The summed E-state index contributed by atoms with van der Waals surface area (Å²) in [7, 11) is 0. The number of hydrogen-bond acceptors (Lipinski definition) is 3. The second-order valence-electron chi connectivity index (χ2n) is 6.41. The summed E-state index contributed by atoms with van der Waals surface area (Å²) in [5.74, 6) is 0.0740. The molecule has 20 heavy (non-hydrogen) atoms. The van der Waals surface area contributed by atoms with Gasteiger partial charge in [-0.2, -0.15) is 0 Å². The lowest BCUT2D eigenvalue weighted by Gasteiger charge is -2.39. The highest BCUT2D eigenvalue weighted by molar-refractivity contribution is 5.94. The van der Waals surface area contributed by atoms with Gasteiger partial charge in [-0.3, -0.25) is 15.3 Å². The smallest absolute Gasteiger partial charge is 0.142 e. The van der Waals surface area contributed by atoms with Gasteiger partial charge in [-0.1, -0.05) is 18.9 Å². The van der Waals surface area contributed by atoms with Crippen molar-refractivity contribution in [2.75, 3.05) is 13.1 Å². The minimum atomic E-state index is 0.0740. The van der Waals surface area contributed by atoms with E-state index in [1.165, 1.54) is 51.6 Å². The van der Waals surface area contributed by atoms with Gasteiger partial charge in [0.1, 0.15) is 11.5 Å². The summed E-state index contributed by atoms with van der Waals surface area (Å²) in [4.78, 5) is 6.73. The molecule has 2 heterocycles. The molecular weight excluding hydrogens is 248 g/mol. The number of piperidine rings is 1. The van der Waals surface area contributed by atoms with Gasteiger partial charge in [0, 0.05) is 12.7 Å². The topological polar surface area (TPSA) is 66.0 Å². The van der Waals surface area contributed by atoms with E-state index in [4.69, 9.17) is 11.1 Å². The van der Waals surface area contributed by atoms with Crippen molar-refractivity contribution in [1.29, 1.82) is 5.41 Å². The fraction of sp³-hybridized carbons (Fsp3) is 0.625. The third kappa shape index (κ3) is 2.70. The molecule has 4 heteroatoms. The van der Waals surface area contributed by atoms with Crippen molar-refractivity contribution in [1.82, 2.24) is 9.88 Å². The first-order valence-corrected chi connectivity index (χ1v) is 7.69. The summed E-state index contributed by atoms with van der Waals surface area (Å²) in [6.45, 7) is 3.22. The minimum Gasteiger partial charge on any atom is -0.382 e. The molecule has 3 rings (SSSR count). The van der Waals surface area contributed by atoms with E-state index in [0.29, 0.717) is 11.1 Å². The van der Waals surface area contributed by atoms with Gasteiger partial charge in [0.25, 0.3) is 0 Å². The van der Waals surface area contributed by atoms with Crippen LogP contribution in [-0.2, 0) is 6.54 Å². The molecule has 3 N–H and O–H groups in total. The number of hydrogen-bond donors (Lipinski definition) is 2. The Morgan fingerprint density at radius 2 is 1.95 bits per heavy atom. The molecule has 1 aliphatic carbocycles. The second-order valence-corrected chi connectivity index (χ2v) is 6.41. The summed E-state index contributed by atoms with van der Waals surface area (Å²) in [6, 6.07) is 3.98. The third-order valence-electron chi connectivity index (χ3n) is 5.12. The Kier molecular flexibility index (Phi) is 3.74. The molecule has 1 aromatic rings. The number of likely N-dealkylation sites (tertiary alicyclic amines) is 1. The summed E-state index contributed by atoms with van der Waals surface area (Å²) < 4.78 is 0. The molecule has 2 aliphatic rings. The standard InChI is InChI=1S/C16H24N4/c17-15(18)14-13(4-3-9-19-14)12-20-10-7-16(8-11-20)5-1-2-6-16/h3-4,9H,1-2,5-8,10-12H2,(H3,17,18). The highest BCUT2D eigenvalue weighted by Gasteiger charge is 2.36. The molecule has 0 aromatic carbocycles. The molecule has 1 aliphatic heterocycles. The highest BCUT2D eigenvalue weighted by Crippen LogP contribution is 2.46. The molecular formula is C16H24N4. The first-order valence-electron chi connectivity index (χ1n) is 7.69. The van der Waals surface area contributed by atoms with Gasteiger partial charge in [-0.25, -0.2) is 0 Å². The van der Waals surface area contributed by atoms with Crippen molar-refractivity contribution < 1.29 is 0 Å². The van der Waals surface area contributed by atoms with E-state index in [1.54, 1.807) is 6.20 Å². The molecule has 0 radical (unpaired) electrons. The average Bonchev–Trinajstić information content (AvgIpc) is 2.90. The van der Waals surface area contributed by atoms with Crippen LogP contribution in [0.25, 0.3) is 0 Å². The van der Waals surface area contributed by atoms with Gasteiger partial charge in [0.15, 0.2) is 0 Å². The molecule has 0 amide bonds. The highest BCUT2D eigenvalue weighted by atomic mass is 15.1. The van der Waals surface area contributed by atoms with Crippen molar-refractivity contribution in [3.05, 3.63) is 29.6 Å². The summed E-state index contributed by atoms with van der Waals surface area (Å²) in [5.41, 5.74) is 8.01. The normalized spacial score (nSPS) is 22.2. The van der Waals surface area contributed by atoms with Gasteiger partial charge in [0.2, 0.25) is 0 Å². The predicted molar refractivity (Wildman–Crippen MR) is 80.7 cm³/mol. The summed E-state index contributed by atoms with van der Waals surface area (Å²) in [5, 5.41) is 7.62. The number of amidine groups is 1. The Labute approximate surface area is 120 Å². The van der Waals surface area contributed by atoms with Crippen LogP contribution in [0.15, 0.2) is 18.3 Å². The van der Waals surface area contributed by atoms with Crippen molar-refractivity contribution in [3.63, 3.8) is 0 Å². The van der Waals surface area contributed by atoms with Crippen molar-refractivity contribution in [3.8, 4) is 0 Å². The number of nitrogens with one attached hydrogen (secondary N) is 1. The lowest BCUT2D eigenvalue weighted by molar-refractivity contribution is 0.103. The van der Waals surface area contributed by atoms with Crippen LogP contribution in [0.1, 0.15) is 49.8 Å². The van der Waals surface area contributed by atoms with E-state index in [9.17, 15) is 0 Å². The molecule has 2 fully saturated rings. The van der Waals surface area contributed by atoms with Crippen LogP contribution in [-0.4, -0.2) is 28.8 Å². The maximum atomic E-state index is 7.62. The van der Waals surface area contributed by atoms with E-state index in [1.807, 2.05) is 12.1 Å². The van der Waals surface area contributed by atoms with Crippen molar-refractivity contribution >= 4 is 5.84 Å². The van der Waals surface area contributed by atoms with Gasteiger partial charge in [-0.05, 0) is 55.8 Å². The van der Waals surface area contributed by atoms with Gasteiger partial charge in [-0.15, -0.1) is 0 Å². The second kappa shape index (κ2) is 5.52. The van der Waals surface area contributed by atoms with Gasteiger partial charge < -0.3 is 5.73 Å². The van der Waals surface area contributed by atoms with Crippen LogP contribution >= 0.6 is 0 Å². The first-order chi connectivity index (χ1) is 9.69. The van der Waals surface area contributed by atoms with Gasteiger partial charge in [0.05, 0.1) is 0 Å². The SMILES string of the molecule is N=C(N)c1ncccc1CN1CCC2(CCCC2)CC1. The molecule has 1 spiro atoms. The fourth-order valence-corrected chi connectivity index (χ4v) is 3.86. The van der Waals surface area contributed by atoms with E-state index < -0.39 is 0 Å². The number of pyridine rings is 1. The lowest BCUT2D eigenvalue weighted by atomic mass is 9.77. The Morgan fingerprint density at radius 3 is 2.60 bits per heavy atom. The van der Waals surface area contributed by atoms with E-state index in [0.717, 1.165) is 12.1 Å². The van der Waals surface area contributed by atoms with E-state index in [2.05, 4.69) is 9.88 Å². The molecule has 1 saturated heterocycles. The quantitative estimate of drug-likeness (QED) is 0.656. The fourth-order valence-electron chi connectivity index (χ4n) is 3.86. The van der Waals surface area contributed by atoms with Crippen molar-refractivity contribution in [2.24, 2.45) is 11.1 Å². The summed E-state index contributed by atoms with van der Waals surface area (Å²) in [6.07, 6.45) is 10.1. The molecule has 0 unspecified atom stereocenters. The van der Waals surface area contributed by atoms with E-state index >= 15 is 0 Å². The number of nitrogens with two attached hydrogens (primary N) is 1. The zero-order chi connectivity index (χ0) is 14.0. The number of aromatic nitrogens is 1. The Morgan fingerprint density at radius 1 is 1.25 bits per heavy atom. The Bertz CT molecular complexity index is 481. The maximum absolute atomic E-state index is 7.62. The molecule has 0 bridgehead atoms. The van der Waals surface area contributed by atoms with Crippen LogP contribution in [0.3, 0.4) is 0 Å². The molecule has 4 nitrogen and oxygen atoms in total. The number of rotatable bonds is 3. The van der Waals surface area contributed by atoms with Crippen LogP contribution < -0.4 is 5.73 Å².